The third kappa shape index (κ3) is 8.41. The van der Waals surface area contributed by atoms with Gasteiger partial charge in [0.25, 0.3) is 0 Å². The molecule has 0 saturated carbocycles. The highest BCUT2D eigenvalue weighted by Crippen LogP contribution is 2.37. The number of piperidine rings is 1. The lowest BCUT2D eigenvalue weighted by atomic mass is 9.79. The van der Waals surface area contributed by atoms with Gasteiger partial charge in [-0.15, -0.1) is 0 Å². The SMILES string of the molecule is COc1ccc2nccc([C@@H](F)CCC3CCN(CCCCc4ccccc4C(F)(F)F)CC3CCC(=O)O)c2c1. The first-order valence-corrected chi connectivity index (χ1v) is 14.3. The number of hydrogen-bond donors (Lipinski definition) is 1. The standard InChI is InChI=1S/C32H38F4N2O3/c1-41-25-11-13-30-27(20-25)26(15-17-37-30)29(33)12-9-22-16-19-38(21-24(22)10-14-31(39)40)18-5-4-7-23-6-2-3-8-28(23)32(34,35)36/h2-3,6,8,11,13,15,17,20,22,24,29H,4-5,7,9-10,12,14,16,18-19,21H2,1H3,(H,39,40)/t22?,24?,29-/m0/s1. The lowest BCUT2D eigenvalue weighted by molar-refractivity contribution is -0.138. The molecule has 4 rings (SSSR count). The van der Waals surface area contributed by atoms with E-state index in [-0.39, 0.29) is 18.3 Å². The predicted octanol–water partition coefficient (Wildman–Crippen LogP) is 7.88. The lowest BCUT2D eigenvalue weighted by Gasteiger charge is -2.39. The highest BCUT2D eigenvalue weighted by atomic mass is 19.4. The van der Waals surface area contributed by atoms with Crippen molar-refractivity contribution in [2.45, 2.75) is 63.7 Å². The second kappa shape index (κ2) is 14.1. The van der Waals surface area contributed by atoms with E-state index in [0.717, 1.165) is 43.9 Å². The van der Waals surface area contributed by atoms with E-state index in [0.29, 0.717) is 54.5 Å². The minimum absolute atomic E-state index is 0.0665. The summed E-state index contributed by atoms with van der Waals surface area (Å²) in [6.45, 7) is 2.30. The second-order valence-corrected chi connectivity index (χ2v) is 11.0. The first-order chi connectivity index (χ1) is 19.7. The van der Waals surface area contributed by atoms with Crippen molar-refractivity contribution in [1.29, 1.82) is 0 Å². The summed E-state index contributed by atoms with van der Waals surface area (Å²) in [7, 11) is 1.57. The quantitative estimate of drug-likeness (QED) is 0.166. The molecule has 0 amide bonds. The number of fused-ring (bicyclic) bond motifs is 1. The van der Waals surface area contributed by atoms with Crippen LogP contribution in [0.2, 0.25) is 0 Å². The molecule has 0 spiro atoms. The highest BCUT2D eigenvalue weighted by molar-refractivity contribution is 5.83. The van der Waals surface area contributed by atoms with Crippen LogP contribution in [0.3, 0.4) is 0 Å². The molecule has 0 bridgehead atoms. The molecule has 3 atom stereocenters. The normalized spacial score (nSPS) is 18.9. The van der Waals surface area contributed by atoms with Gasteiger partial charge in [-0.25, -0.2) is 4.39 Å². The molecule has 1 saturated heterocycles. The van der Waals surface area contributed by atoms with Gasteiger partial charge in [0.05, 0.1) is 18.2 Å². The Morgan fingerprint density at radius 2 is 1.93 bits per heavy atom. The second-order valence-electron chi connectivity index (χ2n) is 11.0. The largest absolute Gasteiger partial charge is 0.497 e. The Balaban J connectivity index is 1.32. The number of unbranched alkanes of at least 4 members (excludes halogenated alkanes) is 1. The summed E-state index contributed by atoms with van der Waals surface area (Å²) in [5, 5.41) is 10.0. The van der Waals surface area contributed by atoms with Gasteiger partial charge < -0.3 is 14.7 Å². The first-order valence-electron chi connectivity index (χ1n) is 14.3. The Kier molecular flexibility index (Phi) is 10.6. The number of halogens is 4. The van der Waals surface area contributed by atoms with Crippen molar-refractivity contribution in [2.75, 3.05) is 26.7 Å². The fraction of sp³-hybridized carbons (Fsp3) is 0.500. The Bertz CT molecular complexity index is 1300. The van der Waals surface area contributed by atoms with Gasteiger partial charge in [-0.05, 0) is 111 Å². The summed E-state index contributed by atoms with van der Waals surface area (Å²) < 4.78 is 60.7. The summed E-state index contributed by atoms with van der Waals surface area (Å²) in [6, 6.07) is 12.9. The molecule has 2 unspecified atom stereocenters. The number of likely N-dealkylation sites (tertiary alicyclic amines) is 1. The number of aliphatic carboxylic acids is 1. The minimum Gasteiger partial charge on any atom is -0.497 e. The number of ether oxygens (including phenoxy) is 1. The summed E-state index contributed by atoms with van der Waals surface area (Å²) in [4.78, 5) is 18.0. The molecule has 222 valence electrons. The number of carbonyl (C=O) groups is 1. The van der Waals surface area contributed by atoms with Gasteiger partial charge in [-0.1, -0.05) is 18.2 Å². The fourth-order valence-electron chi connectivity index (χ4n) is 6.10. The molecule has 1 aromatic heterocycles. The topological polar surface area (TPSA) is 62.7 Å². The van der Waals surface area contributed by atoms with Crippen LogP contribution in [0.15, 0.2) is 54.7 Å². The Morgan fingerprint density at radius 3 is 2.68 bits per heavy atom. The van der Waals surface area contributed by atoms with Gasteiger partial charge in [0.1, 0.15) is 11.9 Å². The summed E-state index contributed by atoms with van der Waals surface area (Å²) in [6.07, 6.45) is 0.280. The van der Waals surface area contributed by atoms with E-state index in [9.17, 15) is 23.1 Å². The van der Waals surface area contributed by atoms with Crippen molar-refractivity contribution < 1.29 is 32.2 Å². The summed E-state index contributed by atoms with van der Waals surface area (Å²) in [5.41, 5.74) is 1.04. The Hall–Kier alpha value is -3.20. The smallest absolute Gasteiger partial charge is 0.416 e. The van der Waals surface area contributed by atoms with Crippen LogP contribution in [0.25, 0.3) is 10.9 Å². The molecular formula is C32H38F4N2O3. The van der Waals surface area contributed by atoms with Gasteiger partial charge >= 0.3 is 12.1 Å². The predicted molar refractivity (Wildman–Crippen MR) is 151 cm³/mol. The molecular weight excluding hydrogens is 536 g/mol. The van der Waals surface area contributed by atoms with E-state index in [4.69, 9.17) is 4.74 Å². The summed E-state index contributed by atoms with van der Waals surface area (Å²) >= 11 is 0. The van der Waals surface area contributed by atoms with Crippen LogP contribution in [0.4, 0.5) is 17.6 Å². The number of nitrogens with zero attached hydrogens (tertiary/aromatic N) is 2. The number of carboxylic acid groups (broad SMARTS) is 1. The zero-order chi connectivity index (χ0) is 29.4. The number of benzene rings is 2. The number of hydrogen-bond acceptors (Lipinski definition) is 4. The third-order valence-corrected chi connectivity index (χ3v) is 8.31. The van der Waals surface area contributed by atoms with E-state index >= 15 is 4.39 Å². The zero-order valence-corrected chi connectivity index (χ0v) is 23.4. The number of aromatic nitrogens is 1. The average molecular weight is 575 g/mol. The molecule has 1 fully saturated rings. The monoisotopic (exact) mass is 574 g/mol. The molecule has 0 aliphatic carbocycles. The molecule has 1 aliphatic rings. The Labute approximate surface area is 238 Å². The van der Waals surface area contributed by atoms with Crippen LogP contribution >= 0.6 is 0 Å². The molecule has 5 nitrogen and oxygen atoms in total. The Morgan fingerprint density at radius 1 is 1.12 bits per heavy atom. The molecule has 1 N–H and O–H groups in total. The zero-order valence-electron chi connectivity index (χ0n) is 23.4. The van der Waals surface area contributed by atoms with Crippen molar-refractivity contribution in [2.24, 2.45) is 11.8 Å². The fourth-order valence-corrected chi connectivity index (χ4v) is 6.10. The first kappa shape index (κ1) is 30.8. The van der Waals surface area contributed by atoms with E-state index in [1.807, 2.05) is 6.07 Å². The van der Waals surface area contributed by atoms with Gasteiger partial charge in [-0.3, -0.25) is 9.78 Å². The molecule has 2 heterocycles. The van der Waals surface area contributed by atoms with Crippen molar-refractivity contribution in [3.05, 3.63) is 71.4 Å². The van der Waals surface area contributed by atoms with Crippen molar-refractivity contribution in [3.63, 3.8) is 0 Å². The van der Waals surface area contributed by atoms with E-state index in [2.05, 4.69) is 9.88 Å². The molecule has 41 heavy (non-hydrogen) atoms. The average Bonchev–Trinajstić information content (AvgIpc) is 2.96. The lowest BCUT2D eigenvalue weighted by Crippen LogP contribution is -2.41. The maximum absolute atomic E-state index is 15.6. The van der Waals surface area contributed by atoms with Crippen LogP contribution in [0, 0.1) is 11.8 Å². The van der Waals surface area contributed by atoms with Crippen LogP contribution < -0.4 is 4.74 Å². The number of alkyl halides is 4. The van der Waals surface area contributed by atoms with Crippen molar-refractivity contribution in [1.82, 2.24) is 9.88 Å². The van der Waals surface area contributed by atoms with Gasteiger partial charge in [-0.2, -0.15) is 13.2 Å². The number of rotatable bonds is 13. The highest BCUT2D eigenvalue weighted by Gasteiger charge is 2.33. The summed E-state index contributed by atoms with van der Waals surface area (Å²) in [5.74, 6) is 0.145. The molecule has 9 heteroatoms. The molecule has 0 radical (unpaired) electrons. The van der Waals surface area contributed by atoms with Crippen LogP contribution in [-0.4, -0.2) is 47.7 Å². The van der Waals surface area contributed by atoms with Crippen LogP contribution in [0.5, 0.6) is 5.75 Å². The van der Waals surface area contributed by atoms with Crippen molar-refractivity contribution in [3.8, 4) is 5.75 Å². The van der Waals surface area contributed by atoms with E-state index < -0.39 is 23.9 Å². The van der Waals surface area contributed by atoms with Crippen molar-refractivity contribution >= 4 is 16.9 Å². The maximum atomic E-state index is 15.6. The number of pyridine rings is 1. The van der Waals surface area contributed by atoms with Gasteiger partial charge in [0.2, 0.25) is 0 Å². The molecule has 1 aliphatic heterocycles. The maximum Gasteiger partial charge on any atom is 0.416 e. The van der Waals surface area contributed by atoms with Crippen LogP contribution in [0.1, 0.15) is 67.8 Å². The van der Waals surface area contributed by atoms with Crippen LogP contribution in [-0.2, 0) is 17.4 Å². The molecule has 3 aromatic rings. The van der Waals surface area contributed by atoms with Gasteiger partial charge in [0.15, 0.2) is 0 Å². The van der Waals surface area contributed by atoms with E-state index in [1.54, 1.807) is 43.6 Å². The number of aryl methyl sites for hydroxylation is 1. The minimum atomic E-state index is -4.36. The number of carboxylic acids is 1. The molecule has 2 aromatic carbocycles. The number of methoxy groups -OCH3 is 1. The van der Waals surface area contributed by atoms with E-state index in [1.165, 1.54) is 6.07 Å². The third-order valence-electron chi connectivity index (χ3n) is 8.31. The van der Waals surface area contributed by atoms with Gasteiger partial charge in [0, 0.05) is 24.5 Å².